The summed E-state index contributed by atoms with van der Waals surface area (Å²) < 4.78 is 40.1. The quantitative estimate of drug-likeness (QED) is 0.904. The van der Waals surface area contributed by atoms with Gasteiger partial charge in [0.1, 0.15) is 6.33 Å². The lowest BCUT2D eigenvalue weighted by atomic mass is 10.2. The molecule has 0 radical (unpaired) electrons. The maximum Gasteiger partial charge on any atom is 0.418 e. The van der Waals surface area contributed by atoms with Crippen LogP contribution in [0.15, 0.2) is 24.8 Å². The Kier molecular flexibility index (Phi) is 3.12. The molecule has 0 bridgehead atoms. The summed E-state index contributed by atoms with van der Waals surface area (Å²) in [5.74, 6) is 0.610. The Morgan fingerprint density at radius 1 is 1.44 bits per heavy atom. The summed E-state index contributed by atoms with van der Waals surface area (Å²) in [7, 11) is 1.74. The van der Waals surface area contributed by atoms with E-state index in [9.17, 15) is 13.2 Å². The summed E-state index contributed by atoms with van der Waals surface area (Å²) in [6, 6.07) is 1.23. The molecule has 0 saturated carbocycles. The Morgan fingerprint density at radius 3 is 2.72 bits per heavy atom. The highest BCUT2D eigenvalue weighted by atomic mass is 19.4. The summed E-state index contributed by atoms with van der Waals surface area (Å²) in [6.45, 7) is 0.293. The summed E-state index contributed by atoms with van der Waals surface area (Å²) in [4.78, 5) is 0. The van der Waals surface area contributed by atoms with Gasteiger partial charge >= 0.3 is 6.18 Å². The van der Waals surface area contributed by atoms with E-state index < -0.39 is 12.3 Å². The fraction of sp³-hybridized carbons (Fsp3) is 0.400. The Hall–Kier alpha value is -1.83. The van der Waals surface area contributed by atoms with Crippen molar-refractivity contribution >= 4 is 0 Å². The Labute approximate surface area is 100 Å². The van der Waals surface area contributed by atoms with E-state index in [4.69, 9.17) is 5.11 Å². The van der Waals surface area contributed by atoms with Gasteiger partial charge < -0.3 is 14.2 Å². The van der Waals surface area contributed by atoms with Crippen LogP contribution in [0.2, 0.25) is 0 Å². The highest BCUT2D eigenvalue weighted by Crippen LogP contribution is 2.32. The van der Waals surface area contributed by atoms with E-state index in [2.05, 4.69) is 10.2 Å². The third-order valence-electron chi connectivity index (χ3n) is 2.53. The van der Waals surface area contributed by atoms with E-state index in [1.807, 2.05) is 0 Å². The number of hydrogen-bond acceptors (Lipinski definition) is 3. The van der Waals surface area contributed by atoms with E-state index in [0.29, 0.717) is 12.4 Å². The van der Waals surface area contributed by atoms with E-state index >= 15 is 0 Å². The van der Waals surface area contributed by atoms with Crippen LogP contribution in [-0.4, -0.2) is 30.6 Å². The minimum absolute atomic E-state index is 0.190. The lowest BCUT2D eigenvalue weighted by Crippen LogP contribution is -2.19. The van der Waals surface area contributed by atoms with Crippen molar-refractivity contribution in [3.05, 3.63) is 36.2 Å². The molecule has 0 aliphatic heterocycles. The van der Waals surface area contributed by atoms with E-state index in [-0.39, 0.29) is 5.56 Å². The SMILES string of the molecule is Cn1cnnc1Cn1ccc(C(O)C(F)(F)F)c1. The molecule has 1 N–H and O–H groups in total. The molecule has 0 spiro atoms. The molecule has 0 aliphatic rings. The lowest BCUT2D eigenvalue weighted by Gasteiger charge is -2.12. The van der Waals surface area contributed by atoms with Crippen LogP contribution in [0, 0.1) is 0 Å². The fourth-order valence-corrected chi connectivity index (χ4v) is 1.52. The Morgan fingerprint density at radius 2 is 2.17 bits per heavy atom. The lowest BCUT2D eigenvalue weighted by molar-refractivity contribution is -0.206. The zero-order valence-electron chi connectivity index (χ0n) is 9.46. The van der Waals surface area contributed by atoms with Crippen molar-refractivity contribution in [2.75, 3.05) is 0 Å². The summed E-state index contributed by atoms with van der Waals surface area (Å²) >= 11 is 0. The average Bonchev–Trinajstić information content (AvgIpc) is 2.87. The van der Waals surface area contributed by atoms with E-state index in [1.54, 1.807) is 11.6 Å². The standard InChI is InChI=1S/C10H11F3N4O/c1-16-6-14-15-8(16)5-17-3-2-7(4-17)9(18)10(11,12)13/h2-4,6,9,18H,5H2,1H3. The van der Waals surface area contributed by atoms with Gasteiger partial charge in [-0.25, -0.2) is 0 Å². The van der Waals surface area contributed by atoms with E-state index in [1.165, 1.54) is 29.4 Å². The van der Waals surface area contributed by atoms with Gasteiger partial charge in [0.25, 0.3) is 0 Å². The van der Waals surface area contributed by atoms with E-state index in [0.717, 1.165) is 0 Å². The van der Waals surface area contributed by atoms with Crippen LogP contribution in [-0.2, 0) is 13.6 Å². The second-order valence-corrected chi connectivity index (χ2v) is 3.92. The van der Waals surface area contributed by atoms with Gasteiger partial charge in [-0.1, -0.05) is 0 Å². The number of nitrogens with zero attached hydrogens (tertiary/aromatic N) is 4. The molecule has 98 valence electrons. The van der Waals surface area contributed by atoms with Gasteiger partial charge in [-0.2, -0.15) is 13.2 Å². The molecule has 0 fully saturated rings. The second kappa shape index (κ2) is 4.45. The maximum atomic E-state index is 12.3. The van der Waals surface area contributed by atoms with Crippen LogP contribution in [0.3, 0.4) is 0 Å². The molecule has 1 unspecified atom stereocenters. The number of aromatic nitrogens is 4. The molecule has 18 heavy (non-hydrogen) atoms. The molecule has 1 atom stereocenters. The minimum atomic E-state index is -4.66. The van der Waals surface area contributed by atoms with Crippen molar-refractivity contribution in [2.45, 2.75) is 18.8 Å². The number of halogens is 3. The smallest absolute Gasteiger partial charge is 0.379 e. The van der Waals surface area contributed by atoms with Gasteiger partial charge in [-0.05, 0) is 6.07 Å². The topological polar surface area (TPSA) is 55.9 Å². The first-order valence-corrected chi connectivity index (χ1v) is 5.11. The molecule has 2 aromatic heterocycles. The van der Waals surface area contributed by atoms with Crippen LogP contribution >= 0.6 is 0 Å². The molecule has 0 saturated heterocycles. The van der Waals surface area contributed by atoms with Crippen LogP contribution in [0.25, 0.3) is 0 Å². The molecule has 0 aliphatic carbocycles. The number of aliphatic hydroxyl groups excluding tert-OH is 1. The van der Waals surface area contributed by atoms with Crippen molar-refractivity contribution in [2.24, 2.45) is 7.05 Å². The molecule has 0 aromatic carbocycles. The molecule has 2 rings (SSSR count). The third kappa shape index (κ3) is 2.53. The van der Waals surface area contributed by atoms with Gasteiger partial charge in [-0.3, -0.25) is 0 Å². The predicted octanol–water partition coefficient (Wildman–Crippen LogP) is 1.26. The van der Waals surface area contributed by atoms with Crippen LogP contribution < -0.4 is 0 Å². The third-order valence-corrected chi connectivity index (χ3v) is 2.53. The molecule has 8 heteroatoms. The average molecular weight is 260 g/mol. The highest BCUT2D eigenvalue weighted by Gasteiger charge is 2.39. The van der Waals surface area contributed by atoms with Crippen LogP contribution in [0.4, 0.5) is 13.2 Å². The zero-order valence-corrected chi connectivity index (χ0v) is 9.46. The largest absolute Gasteiger partial charge is 0.418 e. The summed E-state index contributed by atoms with van der Waals surface area (Å²) in [5.41, 5.74) is -0.190. The summed E-state index contributed by atoms with van der Waals surface area (Å²) in [5, 5.41) is 16.6. The molecule has 5 nitrogen and oxygen atoms in total. The number of alkyl halides is 3. The Bertz CT molecular complexity index is 531. The first kappa shape index (κ1) is 12.6. The van der Waals surface area contributed by atoms with Gasteiger partial charge in [0, 0.05) is 25.0 Å². The molecule has 0 amide bonds. The molecular weight excluding hydrogens is 249 g/mol. The second-order valence-electron chi connectivity index (χ2n) is 3.92. The van der Waals surface area contributed by atoms with Crippen molar-refractivity contribution in [1.82, 2.24) is 19.3 Å². The Balaban J connectivity index is 2.14. The van der Waals surface area contributed by atoms with Crippen molar-refractivity contribution < 1.29 is 18.3 Å². The van der Waals surface area contributed by atoms with Crippen LogP contribution in [0.1, 0.15) is 17.5 Å². The van der Waals surface area contributed by atoms with Gasteiger partial charge in [0.15, 0.2) is 11.9 Å². The van der Waals surface area contributed by atoms with Crippen molar-refractivity contribution in [3.8, 4) is 0 Å². The van der Waals surface area contributed by atoms with Crippen LogP contribution in [0.5, 0.6) is 0 Å². The zero-order chi connectivity index (χ0) is 13.3. The van der Waals surface area contributed by atoms with Crippen molar-refractivity contribution in [1.29, 1.82) is 0 Å². The number of hydrogen-bond donors (Lipinski definition) is 1. The monoisotopic (exact) mass is 260 g/mol. The molecule has 2 aromatic rings. The number of aliphatic hydroxyl groups is 1. The van der Waals surface area contributed by atoms with Gasteiger partial charge in [-0.15, -0.1) is 10.2 Å². The maximum absolute atomic E-state index is 12.3. The first-order valence-electron chi connectivity index (χ1n) is 5.11. The molecule has 2 heterocycles. The number of aryl methyl sites for hydroxylation is 1. The predicted molar refractivity (Wildman–Crippen MR) is 55.6 cm³/mol. The van der Waals surface area contributed by atoms with Crippen molar-refractivity contribution in [3.63, 3.8) is 0 Å². The minimum Gasteiger partial charge on any atom is -0.379 e. The highest BCUT2D eigenvalue weighted by molar-refractivity contribution is 5.15. The normalized spacial score (nSPS) is 13.8. The molecular formula is C10H11F3N4O. The van der Waals surface area contributed by atoms with Gasteiger partial charge in [0.2, 0.25) is 0 Å². The summed E-state index contributed by atoms with van der Waals surface area (Å²) in [6.07, 6.45) is -2.91. The van der Waals surface area contributed by atoms with Gasteiger partial charge in [0.05, 0.1) is 6.54 Å². The number of rotatable bonds is 3. The fourth-order valence-electron chi connectivity index (χ4n) is 1.52. The first-order chi connectivity index (χ1) is 8.38.